The first-order chi connectivity index (χ1) is 9.65. The van der Waals surface area contributed by atoms with Crippen LogP contribution in [0, 0.1) is 13.8 Å². The van der Waals surface area contributed by atoms with Crippen LogP contribution in [0.2, 0.25) is 0 Å². The predicted molar refractivity (Wildman–Crippen MR) is 81.8 cm³/mol. The molecule has 2 heterocycles. The molecule has 0 spiro atoms. The first-order valence-corrected chi connectivity index (χ1v) is 7.39. The minimum Gasteiger partial charge on any atom is -0.392 e. The maximum Gasteiger partial charge on any atom is 0.0740 e. The molecule has 0 saturated carbocycles. The van der Waals surface area contributed by atoms with Gasteiger partial charge < -0.3 is 5.11 Å². The monoisotopic (exact) mass is 270 g/mol. The maximum atomic E-state index is 9.86. The average molecular weight is 270 g/mol. The Hall–Kier alpha value is -1.45. The number of likely N-dealkylation sites (N-methyl/N-ethyl adjacent to an activating group) is 1. The molecule has 20 heavy (non-hydrogen) atoms. The fourth-order valence-electron chi connectivity index (χ4n) is 3.14. The van der Waals surface area contributed by atoms with Gasteiger partial charge in [-0.05, 0) is 42.6 Å². The van der Waals surface area contributed by atoms with Gasteiger partial charge in [0.05, 0.1) is 12.1 Å². The van der Waals surface area contributed by atoms with Crippen LogP contribution in [-0.2, 0) is 19.6 Å². The average Bonchev–Trinajstić information content (AvgIpc) is 2.48. The topological polar surface area (TPSA) is 36.4 Å². The highest BCUT2D eigenvalue weighted by molar-refractivity contribution is 5.87. The Labute approximate surface area is 120 Å². The van der Waals surface area contributed by atoms with Gasteiger partial charge in [0, 0.05) is 30.6 Å². The Kier molecular flexibility index (Phi) is 3.48. The lowest BCUT2D eigenvalue weighted by molar-refractivity contribution is 0.252. The molecule has 0 atom stereocenters. The first kappa shape index (κ1) is 13.5. The van der Waals surface area contributed by atoms with E-state index in [0.717, 1.165) is 42.5 Å². The molecule has 3 rings (SSSR count). The summed E-state index contributed by atoms with van der Waals surface area (Å²) in [4.78, 5) is 7.33. The van der Waals surface area contributed by atoms with Gasteiger partial charge in [0.2, 0.25) is 0 Å². The zero-order valence-electron chi connectivity index (χ0n) is 12.5. The number of aryl methyl sites for hydroxylation is 2. The third kappa shape index (κ3) is 2.02. The zero-order chi connectivity index (χ0) is 14.3. The summed E-state index contributed by atoms with van der Waals surface area (Å²) in [6.45, 7) is 9.56. The van der Waals surface area contributed by atoms with Crippen LogP contribution in [0.1, 0.15) is 34.9 Å². The molecule has 1 aliphatic rings. The van der Waals surface area contributed by atoms with Crippen molar-refractivity contribution in [2.45, 2.75) is 40.3 Å². The van der Waals surface area contributed by atoms with Crippen molar-refractivity contribution >= 4 is 10.9 Å². The molecule has 1 N–H and O–H groups in total. The molecule has 106 valence electrons. The number of hydrogen-bond donors (Lipinski definition) is 1. The Morgan fingerprint density at radius 2 is 2.10 bits per heavy atom. The third-order valence-electron chi connectivity index (χ3n) is 4.64. The summed E-state index contributed by atoms with van der Waals surface area (Å²) >= 11 is 0. The van der Waals surface area contributed by atoms with E-state index in [9.17, 15) is 5.11 Å². The lowest BCUT2D eigenvalue weighted by Gasteiger charge is -2.29. The van der Waals surface area contributed by atoms with Crippen LogP contribution in [-0.4, -0.2) is 28.1 Å². The molecule has 0 bridgehead atoms. The molecule has 1 aliphatic heterocycles. The van der Waals surface area contributed by atoms with Crippen LogP contribution in [0.5, 0.6) is 0 Å². The van der Waals surface area contributed by atoms with Gasteiger partial charge in [0.15, 0.2) is 0 Å². The fourth-order valence-corrected chi connectivity index (χ4v) is 3.14. The van der Waals surface area contributed by atoms with E-state index in [1.807, 2.05) is 0 Å². The van der Waals surface area contributed by atoms with E-state index in [2.05, 4.69) is 37.8 Å². The van der Waals surface area contributed by atoms with Gasteiger partial charge in [0.25, 0.3) is 0 Å². The minimum atomic E-state index is 0.0986. The molecule has 0 fully saturated rings. The van der Waals surface area contributed by atoms with Crippen molar-refractivity contribution in [1.82, 2.24) is 9.88 Å². The number of hydrogen-bond acceptors (Lipinski definition) is 3. The van der Waals surface area contributed by atoms with Crippen molar-refractivity contribution in [2.75, 3.05) is 13.1 Å². The summed E-state index contributed by atoms with van der Waals surface area (Å²) in [5.41, 5.74) is 7.07. The number of aromatic nitrogens is 1. The summed E-state index contributed by atoms with van der Waals surface area (Å²) in [6.07, 6.45) is 0.986. The van der Waals surface area contributed by atoms with Gasteiger partial charge in [-0.2, -0.15) is 0 Å². The van der Waals surface area contributed by atoms with Gasteiger partial charge in [-0.1, -0.05) is 19.1 Å². The third-order valence-corrected chi connectivity index (χ3v) is 4.64. The van der Waals surface area contributed by atoms with Crippen molar-refractivity contribution in [1.29, 1.82) is 0 Å². The van der Waals surface area contributed by atoms with Crippen LogP contribution >= 0.6 is 0 Å². The fraction of sp³-hybridized carbons (Fsp3) is 0.471. The Bertz CT molecular complexity index is 664. The van der Waals surface area contributed by atoms with Gasteiger partial charge in [-0.25, -0.2) is 0 Å². The largest absolute Gasteiger partial charge is 0.392 e. The van der Waals surface area contributed by atoms with E-state index in [-0.39, 0.29) is 6.61 Å². The van der Waals surface area contributed by atoms with Gasteiger partial charge >= 0.3 is 0 Å². The smallest absolute Gasteiger partial charge is 0.0740 e. The second-order valence-electron chi connectivity index (χ2n) is 5.70. The van der Waals surface area contributed by atoms with E-state index < -0.39 is 0 Å². The molecule has 2 aromatic rings. The summed E-state index contributed by atoms with van der Waals surface area (Å²) < 4.78 is 0. The second kappa shape index (κ2) is 5.15. The first-order valence-electron chi connectivity index (χ1n) is 7.39. The summed E-state index contributed by atoms with van der Waals surface area (Å²) in [5.74, 6) is 0. The van der Waals surface area contributed by atoms with Crippen molar-refractivity contribution in [3.8, 4) is 0 Å². The molecule has 0 unspecified atom stereocenters. The lowest BCUT2D eigenvalue weighted by atomic mass is 9.94. The van der Waals surface area contributed by atoms with E-state index >= 15 is 0 Å². The van der Waals surface area contributed by atoms with Crippen molar-refractivity contribution < 1.29 is 5.11 Å². The van der Waals surface area contributed by atoms with E-state index in [0.29, 0.717) is 0 Å². The Morgan fingerprint density at radius 3 is 2.80 bits per heavy atom. The number of aliphatic hydroxyl groups is 1. The molecule has 1 aromatic carbocycles. The highest BCUT2D eigenvalue weighted by atomic mass is 16.3. The summed E-state index contributed by atoms with van der Waals surface area (Å²) in [7, 11) is 0. The molecule has 1 aromatic heterocycles. The molecule has 3 heteroatoms. The van der Waals surface area contributed by atoms with Crippen LogP contribution < -0.4 is 0 Å². The highest BCUT2D eigenvalue weighted by Crippen LogP contribution is 2.30. The maximum absolute atomic E-state index is 9.86. The van der Waals surface area contributed by atoms with E-state index in [1.54, 1.807) is 0 Å². The van der Waals surface area contributed by atoms with E-state index in [1.165, 1.54) is 22.4 Å². The number of aliphatic hydroxyl groups excluding tert-OH is 1. The minimum absolute atomic E-state index is 0.0986. The standard InChI is InChI=1S/C17H22N2O/c1-4-19-8-7-16-14(9-19)15(10-20)13-6-5-11(2)12(3)17(13)18-16/h5-6,20H,4,7-10H2,1-3H3. The number of fused-ring (bicyclic) bond motifs is 2. The molecule has 0 amide bonds. The summed E-state index contributed by atoms with van der Waals surface area (Å²) in [6, 6.07) is 4.24. The molecule has 0 radical (unpaired) electrons. The number of rotatable bonds is 2. The molecule has 3 nitrogen and oxygen atoms in total. The van der Waals surface area contributed by atoms with Crippen molar-refractivity contribution in [3.05, 3.63) is 40.1 Å². The van der Waals surface area contributed by atoms with Crippen LogP contribution in [0.25, 0.3) is 10.9 Å². The van der Waals surface area contributed by atoms with Crippen LogP contribution in [0.15, 0.2) is 12.1 Å². The van der Waals surface area contributed by atoms with Gasteiger partial charge in [-0.15, -0.1) is 0 Å². The molecule has 0 saturated heterocycles. The van der Waals surface area contributed by atoms with Crippen molar-refractivity contribution in [2.24, 2.45) is 0 Å². The Morgan fingerprint density at radius 1 is 1.30 bits per heavy atom. The second-order valence-corrected chi connectivity index (χ2v) is 5.70. The quantitative estimate of drug-likeness (QED) is 0.911. The lowest BCUT2D eigenvalue weighted by Crippen LogP contribution is -2.31. The van der Waals surface area contributed by atoms with Crippen LogP contribution in [0.3, 0.4) is 0 Å². The van der Waals surface area contributed by atoms with Crippen LogP contribution in [0.4, 0.5) is 0 Å². The molecular weight excluding hydrogens is 248 g/mol. The summed E-state index contributed by atoms with van der Waals surface area (Å²) in [5, 5.41) is 11.0. The van der Waals surface area contributed by atoms with Crippen molar-refractivity contribution in [3.63, 3.8) is 0 Å². The molecule has 0 aliphatic carbocycles. The predicted octanol–water partition coefficient (Wildman–Crippen LogP) is 2.72. The van der Waals surface area contributed by atoms with Gasteiger partial charge in [-0.3, -0.25) is 9.88 Å². The Balaban J connectivity index is 2.28. The normalized spacial score (nSPS) is 15.6. The van der Waals surface area contributed by atoms with E-state index in [4.69, 9.17) is 4.98 Å². The zero-order valence-corrected chi connectivity index (χ0v) is 12.5. The number of pyridine rings is 1. The SMILES string of the molecule is CCN1CCc2nc3c(C)c(C)ccc3c(CO)c2C1. The number of benzene rings is 1. The molecular formula is C17H22N2O. The van der Waals surface area contributed by atoms with Gasteiger partial charge in [0.1, 0.15) is 0 Å². The highest BCUT2D eigenvalue weighted by Gasteiger charge is 2.21. The number of nitrogens with zero attached hydrogens (tertiary/aromatic N) is 2.